The Balaban J connectivity index is 1.44. The van der Waals surface area contributed by atoms with Crippen LogP contribution in [0.5, 0.6) is 0 Å². The van der Waals surface area contributed by atoms with Crippen molar-refractivity contribution in [3.05, 3.63) is 63.1 Å². The number of hydrogen-bond acceptors (Lipinski definition) is 12. The van der Waals surface area contributed by atoms with E-state index in [4.69, 9.17) is 5.73 Å². The molecule has 1 unspecified atom stereocenters. The Bertz CT molecular complexity index is 1500. The third-order valence-corrected chi connectivity index (χ3v) is 8.77. The molecule has 1 atom stereocenters. The van der Waals surface area contributed by atoms with E-state index in [2.05, 4.69) is 31.8 Å². The van der Waals surface area contributed by atoms with E-state index < -0.39 is 5.92 Å². The zero-order valence-corrected chi connectivity index (χ0v) is 22.5. The highest BCUT2D eigenvalue weighted by Gasteiger charge is 2.41. The van der Waals surface area contributed by atoms with Crippen LogP contribution in [0.2, 0.25) is 0 Å². The van der Waals surface area contributed by atoms with Crippen molar-refractivity contribution in [2.24, 2.45) is 5.73 Å². The number of nitriles is 1. The van der Waals surface area contributed by atoms with Gasteiger partial charge in [0.15, 0.2) is 10.1 Å². The molecule has 2 aliphatic rings. The predicted molar refractivity (Wildman–Crippen MR) is 143 cm³/mol. The van der Waals surface area contributed by atoms with Crippen LogP contribution in [0.15, 0.2) is 51.3 Å². The van der Waals surface area contributed by atoms with Gasteiger partial charge in [0, 0.05) is 17.7 Å². The lowest BCUT2D eigenvalue weighted by molar-refractivity contribution is -0.116. The molecular formula is C24H22N8O2S3. The molecule has 1 aromatic carbocycles. The highest BCUT2D eigenvalue weighted by Crippen LogP contribution is 2.47. The number of amides is 1. The van der Waals surface area contributed by atoms with E-state index in [0.29, 0.717) is 45.0 Å². The van der Waals surface area contributed by atoms with Crippen LogP contribution in [-0.2, 0) is 9.59 Å². The van der Waals surface area contributed by atoms with Gasteiger partial charge < -0.3 is 5.73 Å². The number of benzene rings is 1. The minimum Gasteiger partial charge on any atom is -0.384 e. The fourth-order valence-corrected chi connectivity index (χ4v) is 6.76. The lowest BCUT2D eigenvalue weighted by Crippen LogP contribution is -2.38. The zero-order chi connectivity index (χ0) is 26.1. The number of hydrogen-bond donors (Lipinski definition) is 2. The van der Waals surface area contributed by atoms with Gasteiger partial charge in [0.05, 0.1) is 23.3 Å². The number of carbonyl (C=O) groups is 2. The minimum absolute atomic E-state index is 0.0145. The first-order valence-corrected chi connectivity index (χ1v) is 14.1. The summed E-state index contributed by atoms with van der Waals surface area (Å²) in [5.74, 6) is -0.367. The fourth-order valence-electron chi connectivity index (χ4n) is 4.47. The van der Waals surface area contributed by atoms with E-state index in [1.165, 1.54) is 34.4 Å². The second-order valence-corrected chi connectivity index (χ2v) is 11.9. The van der Waals surface area contributed by atoms with Gasteiger partial charge in [0.2, 0.25) is 16.2 Å². The molecule has 13 heteroatoms. The van der Waals surface area contributed by atoms with Crippen LogP contribution in [0.1, 0.15) is 41.3 Å². The molecule has 0 radical (unpaired) electrons. The van der Waals surface area contributed by atoms with Gasteiger partial charge in [0.1, 0.15) is 10.8 Å². The number of nitrogens with zero attached hydrogens (tertiary/aromatic N) is 6. The number of thioether (sulfide) groups is 1. The molecule has 3 aromatic rings. The van der Waals surface area contributed by atoms with E-state index >= 15 is 0 Å². The zero-order valence-electron chi connectivity index (χ0n) is 20.0. The molecule has 0 spiro atoms. The van der Waals surface area contributed by atoms with Gasteiger partial charge in [-0.05, 0) is 32.3 Å². The summed E-state index contributed by atoms with van der Waals surface area (Å²) in [5.41, 5.74) is 10.2. The average Bonchev–Trinajstić information content (AvgIpc) is 3.50. The van der Waals surface area contributed by atoms with E-state index in [0.717, 1.165) is 21.8 Å². The molecule has 3 N–H and O–H groups in total. The third kappa shape index (κ3) is 5.00. The molecular weight excluding hydrogens is 529 g/mol. The highest BCUT2D eigenvalue weighted by atomic mass is 32.2. The number of ketones is 1. The van der Waals surface area contributed by atoms with Gasteiger partial charge in [-0.15, -0.1) is 20.4 Å². The van der Waals surface area contributed by atoms with Crippen molar-refractivity contribution < 1.29 is 9.59 Å². The summed E-state index contributed by atoms with van der Waals surface area (Å²) in [4.78, 5) is 27.2. The second kappa shape index (κ2) is 10.4. The maximum Gasteiger partial charge on any atom is 0.236 e. The summed E-state index contributed by atoms with van der Waals surface area (Å²) in [5, 5.41) is 30.8. The van der Waals surface area contributed by atoms with Crippen molar-refractivity contribution in [1.29, 1.82) is 5.26 Å². The van der Waals surface area contributed by atoms with Crippen LogP contribution in [0.3, 0.4) is 0 Å². The third-order valence-electron chi connectivity index (χ3n) is 5.97. The molecule has 1 aliphatic heterocycles. The Kier molecular flexibility index (Phi) is 7.05. The number of nitrogens with one attached hydrogen (secondary N) is 1. The number of Topliss-reactive ketones (excluding diaryl/α,β-unsaturated/α-hetero) is 1. The first-order valence-electron chi connectivity index (χ1n) is 11.4. The number of carbonyl (C=O) groups excluding carboxylic acids is 2. The van der Waals surface area contributed by atoms with E-state index in [1.54, 1.807) is 4.90 Å². The normalized spacial score (nSPS) is 17.6. The van der Waals surface area contributed by atoms with Gasteiger partial charge in [-0.2, -0.15) is 5.26 Å². The maximum absolute atomic E-state index is 13.2. The summed E-state index contributed by atoms with van der Waals surface area (Å²) in [7, 11) is 0. The summed E-state index contributed by atoms with van der Waals surface area (Å²) in [6.45, 7) is 3.79. The largest absolute Gasteiger partial charge is 0.384 e. The van der Waals surface area contributed by atoms with Crippen molar-refractivity contribution in [2.75, 3.05) is 16.0 Å². The molecule has 0 saturated heterocycles. The van der Waals surface area contributed by atoms with Gasteiger partial charge in [0.25, 0.3) is 0 Å². The standard InChI is InChI=1S/C24H22N8O2S3/c1-12-5-3-6-14(9-12)19-15(10-25)21(26)32(16-7-4-8-17(33)20(16)19)23-30-31-24(37-23)35-11-18(34)27-22-29-28-13(2)36-22/h3,5-6,9,19H,4,7-8,11,26H2,1-2H3,(H,27,29,34). The maximum atomic E-state index is 13.2. The Morgan fingerprint density at radius 3 is 2.81 bits per heavy atom. The molecule has 1 amide bonds. The van der Waals surface area contributed by atoms with Gasteiger partial charge in [-0.1, -0.05) is 64.3 Å². The van der Waals surface area contributed by atoms with Crippen LogP contribution < -0.4 is 16.0 Å². The smallest absolute Gasteiger partial charge is 0.236 e. The van der Waals surface area contributed by atoms with Crippen LogP contribution in [0, 0.1) is 25.2 Å². The molecule has 10 nitrogen and oxygen atoms in total. The van der Waals surface area contributed by atoms with Crippen molar-refractivity contribution in [3.8, 4) is 6.07 Å². The van der Waals surface area contributed by atoms with Crippen LogP contribution in [0.25, 0.3) is 0 Å². The van der Waals surface area contributed by atoms with E-state index in [9.17, 15) is 14.9 Å². The van der Waals surface area contributed by atoms with Crippen molar-refractivity contribution in [3.63, 3.8) is 0 Å². The number of anilines is 2. The van der Waals surface area contributed by atoms with Gasteiger partial charge in [-0.3, -0.25) is 19.8 Å². The van der Waals surface area contributed by atoms with Crippen molar-refractivity contribution >= 4 is 56.4 Å². The number of aryl methyl sites for hydroxylation is 2. The lowest BCUT2D eigenvalue weighted by atomic mass is 9.75. The predicted octanol–water partition coefficient (Wildman–Crippen LogP) is 4.04. The van der Waals surface area contributed by atoms with Crippen LogP contribution in [0.4, 0.5) is 10.3 Å². The number of aromatic nitrogens is 4. The molecule has 0 fully saturated rings. The summed E-state index contributed by atoms with van der Waals surface area (Å²) >= 11 is 3.79. The van der Waals surface area contributed by atoms with E-state index in [-0.39, 0.29) is 23.3 Å². The Labute approximate surface area is 225 Å². The van der Waals surface area contributed by atoms with Crippen LogP contribution >= 0.6 is 34.4 Å². The second-order valence-electron chi connectivity index (χ2n) is 8.54. The molecule has 37 heavy (non-hydrogen) atoms. The Hall–Kier alpha value is -3.60. The van der Waals surface area contributed by atoms with E-state index in [1.807, 2.05) is 38.1 Å². The number of nitrogens with two attached hydrogens (primary N) is 1. The Morgan fingerprint density at radius 2 is 2.08 bits per heavy atom. The summed E-state index contributed by atoms with van der Waals surface area (Å²) < 4.78 is 0.565. The lowest BCUT2D eigenvalue weighted by Gasteiger charge is -2.38. The monoisotopic (exact) mass is 550 g/mol. The average molecular weight is 551 g/mol. The molecule has 3 heterocycles. The van der Waals surface area contributed by atoms with Crippen molar-refractivity contribution in [2.45, 2.75) is 43.4 Å². The molecule has 1 aliphatic carbocycles. The van der Waals surface area contributed by atoms with Crippen molar-refractivity contribution in [1.82, 2.24) is 20.4 Å². The Morgan fingerprint density at radius 1 is 1.24 bits per heavy atom. The molecule has 0 saturated carbocycles. The van der Waals surface area contributed by atoms with Gasteiger partial charge >= 0.3 is 0 Å². The SMILES string of the molecule is Cc1cccc(C2C(C#N)=C(N)N(c3nnc(SCC(=O)Nc4nnc(C)s4)s3)C3=C2C(=O)CCC3)c1. The fraction of sp³-hybridized carbons (Fsp3) is 0.292. The van der Waals surface area contributed by atoms with Gasteiger partial charge in [-0.25, -0.2) is 0 Å². The summed E-state index contributed by atoms with van der Waals surface area (Å²) in [6, 6.07) is 10.1. The number of rotatable bonds is 6. The molecule has 188 valence electrons. The molecule has 0 bridgehead atoms. The molecule has 2 aromatic heterocycles. The highest BCUT2D eigenvalue weighted by molar-refractivity contribution is 8.01. The van der Waals surface area contributed by atoms with Crippen LogP contribution in [-0.4, -0.2) is 37.8 Å². The number of allylic oxidation sites excluding steroid dienone is 3. The first-order chi connectivity index (χ1) is 17.9. The minimum atomic E-state index is -0.515. The first kappa shape index (κ1) is 25.1. The quantitative estimate of drug-likeness (QED) is 0.430. The summed E-state index contributed by atoms with van der Waals surface area (Å²) in [6.07, 6.45) is 1.75. The topological polar surface area (TPSA) is 151 Å². The molecule has 5 rings (SSSR count).